The zero-order valence-electron chi connectivity index (χ0n) is 10.2. The van der Waals surface area contributed by atoms with Crippen LogP contribution in [0.3, 0.4) is 0 Å². The molecule has 2 aromatic rings. The third-order valence-corrected chi connectivity index (χ3v) is 3.09. The van der Waals surface area contributed by atoms with Gasteiger partial charge >= 0.3 is 0 Å². The average molecular weight is 210 g/mol. The predicted octanol–water partition coefficient (Wildman–Crippen LogP) is 4.74. The summed E-state index contributed by atoms with van der Waals surface area (Å²) < 4.78 is 0. The molecule has 0 bridgehead atoms. The molecule has 0 aliphatic heterocycles. The van der Waals surface area contributed by atoms with Gasteiger partial charge in [-0.1, -0.05) is 49.4 Å². The summed E-state index contributed by atoms with van der Waals surface area (Å²) in [6.45, 7) is 6.50. The summed E-state index contributed by atoms with van der Waals surface area (Å²) in [5, 5.41) is 2.74. The first-order valence-corrected chi connectivity index (χ1v) is 5.91. The molecule has 0 aromatic heterocycles. The maximum atomic E-state index is 2.28. The van der Waals surface area contributed by atoms with Crippen LogP contribution in [0.2, 0.25) is 0 Å². The molecule has 0 spiro atoms. The largest absolute Gasteiger partial charge is 0.0870 e. The maximum absolute atomic E-state index is 2.28. The molecule has 0 saturated carbocycles. The Hall–Kier alpha value is -1.56. The van der Waals surface area contributed by atoms with Gasteiger partial charge < -0.3 is 0 Å². The molecule has 0 N–H and O–H groups in total. The van der Waals surface area contributed by atoms with Crippen molar-refractivity contribution in [2.24, 2.45) is 0 Å². The number of fused-ring (bicyclic) bond motifs is 1. The molecular weight excluding hydrogens is 192 g/mol. The summed E-state index contributed by atoms with van der Waals surface area (Å²) in [7, 11) is 0. The predicted molar refractivity (Wildman–Crippen MR) is 72.8 cm³/mol. The highest BCUT2D eigenvalue weighted by molar-refractivity contribution is 5.90. The first-order chi connectivity index (χ1) is 7.77. The number of hydrogen-bond donors (Lipinski definition) is 0. The van der Waals surface area contributed by atoms with Gasteiger partial charge in [-0.05, 0) is 47.7 Å². The quantitative estimate of drug-likeness (QED) is 0.671. The molecule has 0 atom stereocenters. The number of aryl methyl sites for hydroxylation is 2. The summed E-state index contributed by atoms with van der Waals surface area (Å²) in [6.07, 6.45) is 5.43. The van der Waals surface area contributed by atoms with E-state index < -0.39 is 0 Å². The van der Waals surface area contributed by atoms with Gasteiger partial charge in [-0.2, -0.15) is 0 Å². The van der Waals surface area contributed by atoms with Crippen LogP contribution in [0.5, 0.6) is 0 Å². The molecule has 0 fully saturated rings. The second-order valence-corrected chi connectivity index (χ2v) is 4.16. The third-order valence-electron chi connectivity index (χ3n) is 3.09. The maximum Gasteiger partial charge on any atom is -0.0146 e. The molecule has 0 radical (unpaired) electrons. The fourth-order valence-electron chi connectivity index (χ4n) is 2.37. The Morgan fingerprint density at radius 2 is 1.94 bits per heavy atom. The topological polar surface area (TPSA) is 0 Å². The molecule has 2 aromatic carbocycles. The van der Waals surface area contributed by atoms with Crippen LogP contribution in [-0.4, -0.2) is 0 Å². The summed E-state index contributed by atoms with van der Waals surface area (Å²) >= 11 is 0. The zero-order chi connectivity index (χ0) is 11.5. The lowest BCUT2D eigenvalue weighted by atomic mass is 9.93. The first-order valence-electron chi connectivity index (χ1n) is 5.91. The van der Waals surface area contributed by atoms with Crippen LogP contribution in [0.25, 0.3) is 16.8 Å². The van der Waals surface area contributed by atoms with Gasteiger partial charge in [0.1, 0.15) is 0 Å². The highest BCUT2D eigenvalue weighted by Crippen LogP contribution is 2.27. The van der Waals surface area contributed by atoms with Gasteiger partial charge in [0.15, 0.2) is 0 Å². The molecule has 16 heavy (non-hydrogen) atoms. The van der Waals surface area contributed by atoms with E-state index in [9.17, 15) is 0 Å². The number of benzene rings is 2. The van der Waals surface area contributed by atoms with Crippen molar-refractivity contribution in [2.75, 3.05) is 0 Å². The van der Waals surface area contributed by atoms with Crippen LogP contribution in [0, 0.1) is 6.92 Å². The van der Waals surface area contributed by atoms with Crippen LogP contribution in [0.4, 0.5) is 0 Å². The molecular formula is C16H18. The molecule has 0 nitrogen and oxygen atoms in total. The monoisotopic (exact) mass is 210 g/mol. The second-order valence-electron chi connectivity index (χ2n) is 4.16. The molecule has 0 aliphatic carbocycles. The SMILES string of the molecule is C/C=C\c1c(C)cc2ccccc2c1CC. The van der Waals surface area contributed by atoms with Crippen molar-refractivity contribution in [1.29, 1.82) is 0 Å². The van der Waals surface area contributed by atoms with Crippen molar-refractivity contribution in [1.82, 2.24) is 0 Å². The minimum absolute atomic E-state index is 1.09. The van der Waals surface area contributed by atoms with Gasteiger partial charge in [-0.25, -0.2) is 0 Å². The fraction of sp³-hybridized carbons (Fsp3) is 0.250. The highest BCUT2D eigenvalue weighted by atomic mass is 14.1. The van der Waals surface area contributed by atoms with Crippen molar-refractivity contribution in [3.8, 4) is 0 Å². The van der Waals surface area contributed by atoms with Crippen LogP contribution in [0.15, 0.2) is 36.4 Å². The number of hydrogen-bond acceptors (Lipinski definition) is 0. The van der Waals surface area contributed by atoms with E-state index in [-0.39, 0.29) is 0 Å². The molecule has 82 valence electrons. The molecule has 0 saturated heterocycles. The Morgan fingerprint density at radius 1 is 1.19 bits per heavy atom. The van der Waals surface area contributed by atoms with Crippen molar-refractivity contribution in [3.05, 3.63) is 53.1 Å². The molecule has 0 aliphatic rings. The van der Waals surface area contributed by atoms with Crippen LogP contribution >= 0.6 is 0 Å². The molecule has 0 heteroatoms. The lowest BCUT2D eigenvalue weighted by Crippen LogP contribution is -1.93. The first kappa shape index (κ1) is 10.9. The Bertz CT molecular complexity index is 533. The van der Waals surface area contributed by atoms with Gasteiger partial charge in [-0.3, -0.25) is 0 Å². The lowest BCUT2D eigenvalue weighted by molar-refractivity contribution is 1.14. The minimum atomic E-state index is 1.09. The van der Waals surface area contributed by atoms with Crippen molar-refractivity contribution >= 4 is 16.8 Å². The van der Waals surface area contributed by atoms with Crippen molar-refractivity contribution in [3.63, 3.8) is 0 Å². The second kappa shape index (κ2) is 4.52. The van der Waals surface area contributed by atoms with Gasteiger partial charge in [0.2, 0.25) is 0 Å². The molecule has 0 heterocycles. The molecule has 2 rings (SSSR count). The van der Waals surface area contributed by atoms with E-state index in [4.69, 9.17) is 0 Å². The van der Waals surface area contributed by atoms with Crippen LogP contribution in [0.1, 0.15) is 30.5 Å². The van der Waals surface area contributed by atoms with Gasteiger partial charge in [-0.15, -0.1) is 0 Å². The Kier molecular flexibility index (Phi) is 3.09. The Morgan fingerprint density at radius 3 is 2.62 bits per heavy atom. The lowest BCUT2D eigenvalue weighted by Gasteiger charge is -2.12. The van der Waals surface area contributed by atoms with Gasteiger partial charge in [0.05, 0.1) is 0 Å². The summed E-state index contributed by atoms with van der Waals surface area (Å²) in [4.78, 5) is 0. The van der Waals surface area contributed by atoms with Crippen LogP contribution < -0.4 is 0 Å². The van der Waals surface area contributed by atoms with E-state index in [0.29, 0.717) is 0 Å². The van der Waals surface area contributed by atoms with E-state index in [0.717, 1.165) is 6.42 Å². The normalized spacial score (nSPS) is 11.4. The van der Waals surface area contributed by atoms with Gasteiger partial charge in [0.25, 0.3) is 0 Å². The summed E-state index contributed by atoms with van der Waals surface area (Å²) in [6, 6.07) is 10.9. The van der Waals surface area contributed by atoms with E-state index in [1.807, 2.05) is 0 Å². The zero-order valence-corrected chi connectivity index (χ0v) is 10.2. The van der Waals surface area contributed by atoms with Crippen LogP contribution in [-0.2, 0) is 6.42 Å². The standard InChI is InChI=1S/C16H18/c1-4-8-15-12(3)11-13-9-6-7-10-16(13)14(15)5-2/h4,6-11H,5H2,1-3H3/b8-4-. The Labute approximate surface area is 97.6 Å². The van der Waals surface area contributed by atoms with E-state index in [2.05, 4.69) is 63.3 Å². The van der Waals surface area contributed by atoms with Crippen molar-refractivity contribution < 1.29 is 0 Å². The minimum Gasteiger partial charge on any atom is -0.0870 e. The Balaban J connectivity index is 2.84. The van der Waals surface area contributed by atoms with E-state index in [1.54, 1.807) is 0 Å². The number of allylic oxidation sites excluding steroid dienone is 1. The highest BCUT2D eigenvalue weighted by Gasteiger charge is 2.06. The van der Waals surface area contributed by atoms with E-state index >= 15 is 0 Å². The molecule has 0 unspecified atom stereocenters. The number of rotatable bonds is 2. The van der Waals surface area contributed by atoms with E-state index in [1.165, 1.54) is 27.5 Å². The smallest absolute Gasteiger partial charge is 0.0146 e. The van der Waals surface area contributed by atoms with Crippen molar-refractivity contribution in [2.45, 2.75) is 27.2 Å². The average Bonchev–Trinajstić information content (AvgIpc) is 2.30. The molecule has 0 amide bonds. The summed E-state index contributed by atoms with van der Waals surface area (Å²) in [5.74, 6) is 0. The van der Waals surface area contributed by atoms with Gasteiger partial charge in [0, 0.05) is 0 Å². The fourth-order valence-corrected chi connectivity index (χ4v) is 2.37. The summed E-state index contributed by atoms with van der Waals surface area (Å²) in [5.41, 5.74) is 4.23. The third kappa shape index (κ3) is 1.76.